The van der Waals surface area contributed by atoms with Crippen molar-refractivity contribution in [1.29, 1.82) is 0 Å². The number of amides is 1. The lowest BCUT2D eigenvalue weighted by Crippen LogP contribution is -2.47. The Morgan fingerprint density at radius 2 is 1.74 bits per heavy atom. The maximum atomic E-state index is 15.4. The first-order valence-electron chi connectivity index (χ1n) is 12.4. The first kappa shape index (κ1) is 25.3. The summed E-state index contributed by atoms with van der Waals surface area (Å²) < 4.78 is 27.9. The van der Waals surface area contributed by atoms with Gasteiger partial charge in [-0.3, -0.25) is 9.69 Å². The minimum absolute atomic E-state index is 0.0701. The van der Waals surface area contributed by atoms with Crippen LogP contribution in [0, 0.1) is 5.82 Å². The molecule has 0 saturated carbocycles. The third-order valence-electron chi connectivity index (χ3n) is 6.60. The zero-order valence-electron chi connectivity index (χ0n) is 20.8. The smallest absolute Gasteiger partial charge is 0.247 e. The SMILES string of the molecule is C=CC(=O)Nc1cccc(-c2cccc3cnc(Nc4ccc(N5CCN(CCF)CC5)cc4)nc23)c1F. The summed E-state index contributed by atoms with van der Waals surface area (Å²) in [5, 5.41) is 6.50. The topological polar surface area (TPSA) is 73.4 Å². The Morgan fingerprint density at radius 3 is 2.47 bits per heavy atom. The molecule has 194 valence electrons. The van der Waals surface area contributed by atoms with Crippen LogP contribution in [0.1, 0.15) is 0 Å². The zero-order chi connectivity index (χ0) is 26.5. The van der Waals surface area contributed by atoms with Gasteiger partial charge in [0.15, 0.2) is 5.82 Å². The number of carbonyl (C=O) groups excluding carboxylic acids is 1. The highest BCUT2D eigenvalue weighted by atomic mass is 19.1. The number of carbonyl (C=O) groups is 1. The average Bonchev–Trinajstić information content (AvgIpc) is 2.95. The predicted molar refractivity (Wildman–Crippen MR) is 148 cm³/mol. The van der Waals surface area contributed by atoms with Crippen molar-refractivity contribution >= 4 is 39.8 Å². The first-order chi connectivity index (χ1) is 18.6. The van der Waals surface area contributed by atoms with Gasteiger partial charge in [-0.2, -0.15) is 0 Å². The number of nitrogens with one attached hydrogen (secondary N) is 2. The van der Waals surface area contributed by atoms with Crippen LogP contribution in [-0.2, 0) is 4.79 Å². The van der Waals surface area contributed by atoms with Gasteiger partial charge in [-0.05, 0) is 36.4 Å². The standard InChI is InChI=1S/C29H28F2N6O/c1-2-26(38)34-25-8-4-6-23(27(25)31)24-7-3-5-20-19-32-29(35-28(20)24)33-21-9-11-22(12-10-21)37-17-15-36(14-13-30)16-18-37/h2-12,19H,1,13-18H2,(H,34,38)(H,32,33,35). The number of alkyl halides is 1. The van der Waals surface area contributed by atoms with Crippen LogP contribution in [0.2, 0.25) is 0 Å². The summed E-state index contributed by atoms with van der Waals surface area (Å²) in [7, 11) is 0. The molecular formula is C29H28F2N6O. The van der Waals surface area contributed by atoms with E-state index in [2.05, 4.69) is 32.0 Å². The molecule has 4 aromatic rings. The molecule has 0 bridgehead atoms. The van der Waals surface area contributed by atoms with E-state index in [0.29, 0.717) is 29.1 Å². The maximum Gasteiger partial charge on any atom is 0.247 e. The second kappa shape index (κ2) is 11.4. The molecule has 0 spiro atoms. The number of rotatable bonds is 8. The van der Waals surface area contributed by atoms with Crippen LogP contribution < -0.4 is 15.5 Å². The Bertz CT molecular complexity index is 1450. The number of piperazine rings is 1. The minimum atomic E-state index is -0.551. The van der Waals surface area contributed by atoms with Gasteiger partial charge in [0.05, 0.1) is 11.2 Å². The number of hydrogen-bond acceptors (Lipinski definition) is 6. The van der Waals surface area contributed by atoms with Crippen LogP contribution in [0.25, 0.3) is 22.0 Å². The molecule has 3 aromatic carbocycles. The predicted octanol–water partition coefficient (Wildman–Crippen LogP) is 5.40. The van der Waals surface area contributed by atoms with Gasteiger partial charge >= 0.3 is 0 Å². The Labute approximate surface area is 219 Å². The molecule has 7 nitrogen and oxygen atoms in total. The monoisotopic (exact) mass is 514 g/mol. The number of halogens is 2. The highest BCUT2D eigenvalue weighted by Crippen LogP contribution is 2.33. The summed E-state index contributed by atoms with van der Waals surface area (Å²) in [6, 6.07) is 18.3. The summed E-state index contributed by atoms with van der Waals surface area (Å²) in [6.07, 6.45) is 2.79. The molecule has 0 atom stereocenters. The number of nitrogens with zero attached hydrogens (tertiary/aromatic N) is 4. The van der Waals surface area contributed by atoms with Gasteiger partial charge in [-0.15, -0.1) is 0 Å². The van der Waals surface area contributed by atoms with Crippen LogP contribution in [0.15, 0.2) is 79.5 Å². The summed E-state index contributed by atoms with van der Waals surface area (Å²) >= 11 is 0. The van der Waals surface area contributed by atoms with E-state index in [-0.39, 0.29) is 12.4 Å². The fourth-order valence-electron chi connectivity index (χ4n) is 4.59. The molecule has 1 aromatic heterocycles. The van der Waals surface area contributed by atoms with Gasteiger partial charge < -0.3 is 15.5 Å². The molecule has 1 fully saturated rings. The van der Waals surface area contributed by atoms with E-state index in [0.717, 1.165) is 49.0 Å². The number of fused-ring (bicyclic) bond motifs is 1. The van der Waals surface area contributed by atoms with Crippen molar-refractivity contribution in [3.05, 3.63) is 85.3 Å². The average molecular weight is 515 g/mol. The molecule has 1 aliphatic heterocycles. The van der Waals surface area contributed by atoms with Gasteiger partial charge in [0.25, 0.3) is 0 Å². The van der Waals surface area contributed by atoms with Gasteiger partial charge in [-0.25, -0.2) is 18.7 Å². The highest BCUT2D eigenvalue weighted by Gasteiger charge is 2.17. The summed E-state index contributed by atoms with van der Waals surface area (Å²) in [5.74, 6) is -0.656. The number of benzene rings is 3. The fourth-order valence-corrected chi connectivity index (χ4v) is 4.59. The van der Waals surface area contributed by atoms with E-state index in [1.165, 1.54) is 6.07 Å². The van der Waals surface area contributed by atoms with E-state index in [9.17, 15) is 9.18 Å². The lowest BCUT2D eigenvalue weighted by Gasteiger charge is -2.35. The Balaban J connectivity index is 1.37. The van der Waals surface area contributed by atoms with Crippen LogP contribution in [0.5, 0.6) is 0 Å². The van der Waals surface area contributed by atoms with Crippen LogP contribution >= 0.6 is 0 Å². The Kier molecular flexibility index (Phi) is 7.55. The second-order valence-corrected chi connectivity index (χ2v) is 8.99. The van der Waals surface area contributed by atoms with Gasteiger partial charge in [0, 0.05) is 66.8 Å². The molecule has 0 aliphatic carbocycles. The van der Waals surface area contributed by atoms with E-state index in [1.807, 2.05) is 36.4 Å². The van der Waals surface area contributed by atoms with E-state index in [1.54, 1.807) is 24.4 Å². The number of anilines is 4. The van der Waals surface area contributed by atoms with E-state index < -0.39 is 11.7 Å². The quantitative estimate of drug-likeness (QED) is 0.307. The van der Waals surface area contributed by atoms with Gasteiger partial charge in [-0.1, -0.05) is 36.9 Å². The van der Waals surface area contributed by atoms with Crippen molar-refractivity contribution in [1.82, 2.24) is 14.9 Å². The fraction of sp³-hybridized carbons (Fsp3) is 0.207. The molecular weight excluding hydrogens is 486 g/mol. The molecule has 2 N–H and O–H groups in total. The zero-order valence-corrected chi connectivity index (χ0v) is 20.8. The lowest BCUT2D eigenvalue weighted by atomic mass is 10.0. The van der Waals surface area contributed by atoms with Crippen molar-refractivity contribution in [2.75, 3.05) is 54.9 Å². The van der Waals surface area contributed by atoms with Gasteiger partial charge in [0.2, 0.25) is 11.9 Å². The molecule has 38 heavy (non-hydrogen) atoms. The van der Waals surface area contributed by atoms with Crippen molar-refractivity contribution in [3.63, 3.8) is 0 Å². The molecule has 1 amide bonds. The van der Waals surface area contributed by atoms with E-state index in [4.69, 9.17) is 4.98 Å². The molecule has 1 aliphatic rings. The largest absolute Gasteiger partial charge is 0.369 e. The molecule has 9 heteroatoms. The van der Waals surface area contributed by atoms with Crippen LogP contribution in [0.4, 0.5) is 31.8 Å². The maximum absolute atomic E-state index is 15.4. The summed E-state index contributed by atoms with van der Waals surface area (Å²) in [5.41, 5.74) is 3.48. The van der Waals surface area contributed by atoms with Crippen molar-refractivity contribution in [2.24, 2.45) is 0 Å². The third kappa shape index (κ3) is 5.47. The molecule has 0 unspecified atom stereocenters. The second-order valence-electron chi connectivity index (χ2n) is 8.99. The Hall–Kier alpha value is -4.37. The minimum Gasteiger partial charge on any atom is -0.369 e. The number of aromatic nitrogens is 2. The molecule has 2 heterocycles. The van der Waals surface area contributed by atoms with Crippen LogP contribution in [-0.4, -0.2) is 60.2 Å². The first-order valence-corrected chi connectivity index (χ1v) is 12.4. The number of hydrogen-bond donors (Lipinski definition) is 2. The molecule has 5 rings (SSSR count). The lowest BCUT2D eigenvalue weighted by molar-refractivity contribution is -0.111. The third-order valence-corrected chi connectivity index (χ3v) is 6.60. The Morgan fingerprint density at radius 1 is 1.00 bits per heavy atom. The van der Waals surface area contributed by atoms with Crippen molar-refractivity contribution in [3.8, 4) is 11.1 Å². The normalized spacial score (nSPS) is 13.9. The van der Waals surface area contributed by atoms with Crippen LogP contribution in [0.3, 0.4) is 0 Å². The molecule has 1 saturated heterocycles. The van der Waals surface area contributed by atoms with E-state index >= 15 is 4.39 Å². The summed E-state index contributed by atoms with van der Waals surface area (Å²) in [4.78, 5) is 25.3. The summed E-state index contributed by atoms with van der Waals surface area (Å²) in [6.45, 7) is 7.01. The number of para-hydroxylation sites is 1. The van der Waals surface area contributed by atoms with Gasteiger partial charge in [0.1, 0.15) is 6.67 Å². The highest BCUT2D eigenvalue weighted by molar-refractivity contribution is 6.00. The molecule has 0 radical (unpaired) electrons. The van der Waals surface area contributed by atoms with Crippen molar-refractivity contribution in [2.45, 2.75) is 0 Å². The van der Waals surface area contributed by atoms with Crippen molar-refractivity contribution < 1.29 is 13.6 Å².